The van der Waals surface area contributed by atoms with Crippen LogP contribution in [0.15, 0.2) is 30.5 Å². The number of anilines is 1. The van der Waals surface area contributed by atoms with Crippen molar-refractivity contribution in [2.75, 3.05) is 5.73 Å². The number of aromatic nitrogens is 1. The third-order valence-corrected chi connectivity index (χ3v) is 4.23. The summed E-state index contributed by atoms with van der Waals surface area (Å²) in [5.41, 5.74) is 8.45. The Morgan fingerprint density at radius 1 is 1.24 bits per heavy atom. The van der Waals surface area contributed by atoms with Crippen molar-refractivity contribution >= 4 is 16.5 Å². The highest BCUT2D eigenvalue weighted by Crippen LogP contribution is 2.31. The van der Waals surface area contributed by atoms with Gasteiger partial charge in [0.1, 0.15) is 0 Å². The molecule has 0 aliphatic heterocycles. The summed E-state index contributed by atoms with van der Waals surface area (Å²) in [5, 5.41) is 0.623. The molecule has 2 aromatic rings. The standard InChI is InChI=1S/C14H18N2S/c1-4-14(2,3)11-7-5-10(6-8-11)12-9-16-13(15)17-12/h5-9H,4H2,1-3H3,(H2,15,16). The Labute approximate surface area is 107 Å². The van der Waals surface area contributed by atoms with Crippen LogP contribution in [0.2, 0.25) is 0 Å². The predicted octanol–water partition coefficient (Wildman–Crippen LogP) is 4.08. The number of nitrogen functional groups attached to an aromatic ring is 1. The molecule has 17 heavy (non-hydrogen) atoms. The number of benzene rings is 1. The highest BCUT2D eigenvalue weighted by atomic mass is 32.1. The third-order valence-electron chi connectivity index (χ3n) is 3.36. The molecule has 0 radical (unpaired) electrons. The molecule has 1 aromatic heterocycles. The minimum atomic E-state index is 0.241. The average molecular weight is 246 g/mol. The van der Waals surface area contributed by atoms with E-state index in [2.05, 4.69) is 50.0 Å². The quantitative estimate of drug-likeness (QED) is 0.886. The lowest BCUT2D eigenvalue weighted by Gasteiger charge is -2.23. The summed E-state index contributed by atoms with van der Waals surface area (Å²) in [4.78, 5) is 5.20. The fourth-order valence-corrected chi connectivity index (χ4v) is 2.40. The van der Waals surface area contributed by atoms with Crippen LogP contribution in [-0.2, 0) is 5.41 Å². The van der Waals surface area contributed by atoms with Crippen molar-refractivity contribution in [2.45, 2.75) is 32.6 Å². The normalized spacial score (nSPS) is 11.7. The molecule has 0 aliphatic carbocycles. The van der Waals surface area contributed by atoms with Crippen molar-refractivity contribution in [2.24, 2.45) is 0 Å². The first-order chi connectivity index (χ1) is 8.03. The molecule has 0 amide bonds. The molecule has 3 heteroatoms. The largest absolute Gasteiger partial charge is 0.375 e. The van der Waals surface area contributed by atoms with Gasteiger partial charge in [-0.2, -0.15) is 0 Å². The SMILES string of the molecule is CCC(C)(C)c1ccc(-c2cnc(N)s2)cc1. The van der Waals surface area contributed by atoms with E-state index in [1.54, 1.807) is 0 Å². The van der Waals surface area contributed by atoms with Gasteiger partial charge >= 0.3 is 0 Å². The number of hydrogen-bond donors (Lipinski definition) is 1. The number of nitrogens with zero attached hydrogens (tertiary/aromatic N) is 1. The van der Waals surface area contributed by atoms with E-state index in [4.69, 9.17) is 5.73 Å². The maximum absolute atomic E-state index is 5.64. The molecule has 2 N–H and O–H groups in total. The molecule has 0 saturated carbocycles. The first-order valence-corrected chi connectivity index (χ1v) is 6.67. The molecule has 0 saturated heterocycles. The van der Waals surface area contributed by atoms with Crippen LogP contribution in [0.25, 0.3) is 10.4 Å². The van der Waals surface area contributed by atoms with E-state index in [9.17, 15) is 0 Å². The van der Waals surface area contributed by atoms with Crippen LogP contribution in [0.3, 0.4) is 0 Å². The summed E-state index contributed by atoms with van der Waals surface area (Å²) in [5.74, 6) is 0. The van der Waals surface area contributed by atoms with Crippen LogP contribution in [0.1, 0.15) is 32.8 Å². The average Bonchev–Trinajstić information content (AvgIpc) is 2.76. The van der Waals surface area contributed by atoms with Gasteiger partial charge in [0.25, 0.3) is 0 Å². The molecule has 1 aromatic carbocycles. The molecular formula is C14H18N2S. The minimum absolute atomic E-state index is 0.241. The van der Waals surface area contributed by atoms with Crippen molar-refractivity contribution in [3.63, 3.8) is 0 Å². The van der Waals surface area contributed by atoms with Crippen LogP contribution in [0, 0.1) is 0 Å². The molecule has 0 atom stereocenters. The first-order valence-electron chi connectivity index (χ1n) is 5.85. The predicted molar refractivity (Wildman–Crippen MR) is 75.3 cm³/mol. The monoisotopic (exact) mass is 246 g/mol. The molecule has 0 aliphatic rings. The molecule has 2 nitrogen and oxygen atoms in total. The highest BCUT2D eigenvalue weighted by Gasteiger charge is 2.17. The van der Waals surface area contributed by atoms with Gasteiger partial charge in [-0.25, -0.2) is 4.98 Å². The van der Waals surface area contributed by atoms with Gasteiger partial charge in [-0.3, -0.25) is 0 Å². The Balaban J connectivity index is 2.30. The number of hydrogen-bond acceptors (Lipinski definition) is 3. The van der Waals surface area contributed by atoms with Gasteiger partial charge in [0, 0.05) is 6.20 Å². The van der Waals surface area contributed by atoms with Crippen LogP contribution in [0.5, 0.6) is 0 Å². The number of rotatable bonds is 3. The molecular weight excluding hydrogens is 228 g/mol. The van der Waals surface area contributed by atoms with Gasteiger partial charge in [-0.05, 0) is 23.0 Å². The summed E-state index contributed by atoms with van der Waals surface area (Å²) >= 11 is 1.53. The van der Waals surface area contributed by atoms with Gasteiger partial charge in [0.2, 0.25) is 0 Å². The molecule has 2 rings (SSSR count). The number of thiazole rings is 1. The Bertz CT molecular complexity index is 497. The minimum Gasteiger partial charge on any atom is -0.375 e. The van der Waals surface area contributed by atoms with Gasteiger partial charge in [-0.1, -0.05) is 56.4 Å². The zero-order chi connectivity index (χ0) is 12.5. The van der Waals surface area contributed by atoms with E-state index >= 15 is 0 Å². The second-order valence-electron chi connectivity index (χ2n) is 4.88. The second-order valence-corrected chi connectivity index (χ2v) is 5.94. The maximum atomic E-state index is 5.64. The fourth-order valence-electron chi connectivity index (χ4n) is 1.71. The highest BCUT2D eigenvalue weighted by molar-refractivity contribution is 7.18. The topological polar surface area (TPSA) is 38.9 Å². The maximum Gasteiger partial charge on any atom is 0.180 e. The molecule has 0 unspecified atom stereocenters. The summed E-state index contributed by atoms with van der Waals surface area (Å²) in [6.45, 7) is 6.76. The molecule has 0 bridgehead atoms. The van der Waals surface area contributed by atoms with E-state index in [0.717, 1.165) is 11.3 Å². The Hall–Kier alpha value is -1.35. The van der Waals surface area contributed by atoms with Crippen LogP contribution in [0.4, 0.5) is 5.13 Å². The number of nitrogens with two attached hydrogens (primary N) is 1. The second kappa shape index (κ2) is 4.49. The molecule has 0 fully saturated rings. The molecule has 90 valence electrons. The Morgan fingerprint density at radius 2 is 1.88 bits per heavy atom. The summed E-state index contributed by atoms with van der Waals surface area (Å²) in [6, 6.07) is 8.71. The zero-order valence-electron chi connectivity index (χ0n) is 10.5. The van der Waals surface area contributed by atoms with Crippen molar-refractivity contribution in [1.29, 1.82) is 0 Å². The lowest BCUT2D eigenvalue weighted by molar-refractivity contribution is 0.506. The van der Waals surface area contributed by atoms with E-state index in [1.165, 1.54) is 22.5 Å². The van der Waals surface area contributed by atoms with Gasteiger partial charge in [-0.15, -0.1) is 0 Å². The summed E-state index contributed by atoms with van der Waals surface area (Å²) < 4.78 is 0. The lowest BCUT2D eigenvalue weighted by atomic mass is 9.82. The molecule has 0 spiro atoms. The van der Waals surface area contributed by atoms with Crippen molar-refractivity contribution < 1.29 is 0 Å². The van der Waals surface area contributed by atoms with E-state index < -0.39 is 0 Å². The van der Waals surface area contributed by atoms with Crippen LogP contribution < -0.4 is 5.73 Å². The van der Waals surface area contributed by atoms with Crippen LogP contribution >= 0.6 is 11.3 Å². The smallest absolute Gasteiger partial charge is 0.180 e. The van der Waals surface area contributed by atoms with Crippen molar-refractivity contribution in [1.82, 2.24) is 4.98 Å². The van der Waals surface area contributed by atoms with Crippen LogP contribution in [-0.4, -0.2) is 4.98 Å². The van der Waals surface area contributed by atoms with E-state index in [-0.39, 0.29) is 5.41 Å². The van der Waals surface area contributed by atoms with Gasteiger partial charge < -0.3 is 5.73 Å². The summed E-state index contributed by atoms with van der Waals surface area (Å²) in [6.07, 6.45) is 2.97. The lowest BCUT2D eigenvalue weighted by Crippen LogP contribution is -2.14. The van der Waals surface area contributed by atoms with E-state index in [0.29, 0.717) is 5.13 Å². The zero-order valence-corrected chi connectivity index (χ0v) is 11.3. The van der Waals surface area contributed by atoms with E-state index in [1.807, 2.05) is 6.20 Å². The summed E-state index contributed by atoms with van der Waals surface area (Å²) in [7, 11) is 0. The van der Waals surface area contributed by atoms with Gasteiger partial charge in [0.05, 0.1) is 4.88 Å². The van der Waals surface area contributed by atoms with Crippen molar-refractivity contribution in [3.8, 4) is 10.4 Å². The van der Waals surface area contributed by atoms with Gasteiger partial charge in [0.15, 0.2) is 5.13 Å². The molecule has 1 heterocycles. The third kappa shape index (κ3) is 2.50. The first kappa shape index (κ1) is 12.1. The fraction of sp³-hybridized carbons (Fsp3) is 0.357. The Kier molecular flexibility index (Phi) is 3.20. The van der Waals surface area contributed by atoms with Crippen molar-refractivity contribution in [3.05, 3.63) is 36.0 Å². The Morgan fingerprint density at radius 3 is 2.35 bits per heavy atom.